The lowest BCUT2D eigenvalue weighted by Gasteiger charge is -2.32. The number of benzene rings is 1. The van der Waals surface area contributed by atoms with Crippen LogP contribution in [0.25, 0.3) is 0 Å². The Morgan fingerprint density at radius 3 is 2.69 bits per heavy atom. The number of amides is 1. The van der Waals surface area contributed by atoms with Crippen molar-refractivity contribution < 1.29 is 13.2 Å². The standard InChI is InChI=1S/C20H28N2O3S/c1-21(2)26(24,25)18-7-8-19-16(12-18)4-3-9-22(19)20(23)13-17-11-14-5-6-15(17)10-14/h7-8,12,14-15,17H,3-6,9-11,13H2,1-2H3/t14-,15-,17-/m0/s1. The fraction of sp³-hybridized carbons (Fsp3) is 0.650. The minimum Gasteiger partial charge on any atom is -0.312 e. The maximum absolute atomic E-state index is 13.0. The minimum absolute atomic E-state index is 0.215. The van der Waals surface area contributed by atoms with Crippen LogP contribution in [0.3, 0.4) is 0 Å². The fourth-order valence-electron chi connectivity index (χ4n) is 5.16. The summed E-state index contributed by atoms with van der Waals surface area (Å²) in [6.45, 7) is 0.742. The number of anilines is 1. The number of fused-ring (bicyclic) bond motifs is 3. The summed E-state index contributed by atoms with van der Waals surface area (Å²) in [7, 11) is -0.359. The third-order valence-electron chi connectivity index (χ3n) is 6.57. The van der Waals surface area contributed by atoms with Gasteiger partial charge in [-0.15, -0.1) is 0 Å². The van der Waals surface area contributed by atoms with Gasteiger partial charge in [-0.25, -0.2) is 12.7 Å². The molecule has 4 rings (SSSR count). The van der Waals surface area contributed by atoms with Crippen LogP contribution in [0.4, 0.5) is 5.69 Å². The van der Waals surface area contributed by atoms with Gasteiger partial charge in [0.2, 0.25) is 15.9 Å². The van der Waals surface area contributed by atoms with E-state index in [0.717, 1.165) is 42.5 Å². The van der Waals surface area contributed by atoms with Crippen molar-refractivity contribution in [2.24, 2.45) is 17.8 Å². The molecule has 1 amide bonds. The van der Waals surface area contributed by atoms with Crippen molar-refractivity contribution in [1.29, 1.82) is 0 Å². The molecular weight excluding hydrogens is 348 g/mol. The summed E-state index contributed by atoms with van der Waals surface area (Å²) in [6.07, 6.45) is 7.55. The van der Waals surface area contributed by atoms with E-state index in [9.17, 15) is 13.2 Å². The molecule has 0 unspecified atom stereocenters. The van der Waals surface area contributed by atoms with Gasteiger partial charge in [0.1, 0.15) is 0 Å². The van der Waals surface area contributed by atoms with Gasteiger partial charge in [0.05, 0.1) is 4.90 Å². The molecule has 1 aromatic rings. The average Bonchev–Trinajstić information content (AvgIpc) is 3.23. The monoisotopic (exact) mass is 376 g/mol. The van der Waals surface area contributed by atoms with E-state index < -0.39 is 10.0 Å². The summed E-state index contributed by atoms with van der Waals surface area (Å²) in [4.78, 5) is 15.2. The molecule has 0 aromatic heterocycles. The average molecular weight is 377 g/mol. The lowest BCUT2D eigenvalue weighted by atomic mass is 9.86. The van der Waals surface area contributed by atoms with Gasteiger partial charge in [-0.1, -0.05) is 6.42 Å². The Hall–Kier alpha value is -1.40. The first-order valence-corrected chi connectivity index (χ1v) is 11.2. The van der Waals surface area contributed by atoms with Crippen LogP contribution in [0.1, 0.15) is 44.1 Å². The van der Waals surface area contributed by atoms with Gasteiger partial charge < -0.3 is 4.90 Å². The first-order chi connectivity index (χ1) is 12.4. The van der Waals surface area contributed by atoms with Crippen molar-refractivity contribution in [2.45, 2.75) is 49.8 Å². The second-order valence-electron chi connectivity index (χ2n) is 8.37. The van der Waals surface area contributed by atoms with Crippen LogP contribution in [0, 0.1) is 17.8 Å². The lowest BCUT2D eigenvalue weighted by Crippen LogP contribution is -2.37. The molecule has 0 saturated heterocycles. The fourth-order valence-corrected chi connectivity index (χ4v) is 6.12. The Balaban J connectivity index is 1.54. The Kier molecular flexibility index (Phi) is 4.59. The van der Waals surface area contributed by atoms with E-state index in [2.05, 4.69) is 0 Å². The highest BCUT2D eigenvalue weighted by atomic mass is 32.2. The Morgan fingerprint density at radius 2 is 2.04 bits per heavy atom. The predicted molar refractivity (Wildman–Crippen MR) is 102 cm³/mol. The van der Waals surface area contributed by atoms with E-state index in [1.165, 1.54) is 30.0 Å². The van der Waals surface area contributed by atoms with Gasteiger partial charge in [-0.2, -0.15) is 0 Å². The molecule has 0 radical (unpaired) electrons. The molecule has 26 heavy (non-hydrogen) atoms. The van der Waals surface area contributed by atoms with Crippen molar-refractivity contribution in [3.05, 3.63) is 23.8 Å². The summed E-state index contributed by atoms with van der Waals surface area (Å²) >= 11 is 0. The zero-order valence-corrected chi connectivity index (χ0v) is 16.5. The van der Waals surface area contributed by atoms with Gasteiger partial charge in [0.25, 0.3) is 0 Å². The molecule has 142 valence electrons. The molecule has 3 atom stereocenters. The lowest BCUT2D eigenvalue weighted by molar-refractivity contribution is -0.120. The van der Waals surface area contributed by atoms with Crippen molar-refractivity contribution in [3.63, 3.8) is 0 Å². The quantitative estimate of drug-likeness (QED) is 0.812. The van der Waals surface area contributed by atoms with Crippen molar-refractivity contribution in [2.75, 3.05) is 25.5 Å². The van der Waals surface area contributed by atoms with Crippen molar-refractivity contribution >= 4 is 21.6 Å². The molecule has 2 fully saturated rings. The van der Waals surface area contributed by atoms with E-state index >= 15 is 0 Å². The number of hydrogen-bond acceptors (Lipinski definition) is 3. The van der Waals surface area contributed by atoms with E-state index in [4.69, 9.17) is 0 Å². The Labute approximate surface area is 156 Å². The number of sulfonamides is 1. The summed E-state index contributed by atoms with van der Waals surface area (Å²) in [5, 5.41) is 0. The van der Waals surface area contributed by atoms with Gasteiger partial charge in [-0.05, 0) is 73.6 Å². The molecule has 3 aliphatic rings. The maximum atomic E-state index is 13.0. The zero-order valence-electron chi connectivity index (χ0n) is 15.6. The third-order valence-corrected chi connectivity index (χ3v) is 8.38. The van der Waals surface area contributed by atoms with E-state index in [1.54, 1.807) is 26.2 Å². The Morgan fingerprint density at radius 1 is 1.23 bits per heavy atom. The van der Waals surface area contributed by atoms with Gasteiger partial charge >= 0.3 is 0 Å². The minimum atomic E-state index is -3.44. The molecule has 1 aliphatic heterocycles. The van der Waals surface area contributed by atoms with Crippen molar-refractivity contribution in [3.8, 4) is 0 Å². The van der Waals surface area contributed by atoms with Crippen LogP contribution in [0.5, 0.6) is 0 Å². The maximum Gasteiger partial charge on any atom is 0.242 e. The molecule has 1 heterocycles. The zero-order chi connectivity index (χ0) is 18.5. The summed E-state index contributed by atoms with van der Waals surface area (Å²) in [6, 6.07) is 5.21. The molecular formula is C20H28N2O3S. The predicted octanol–water partition coefficient (Wildman–Crippen LogP) is 3.04. The van der Waals surface area contributed by atoms with E-state index in [1.807, 2.05) is 11.0 Å². The molecule has 5 nitrogen and oxygen atoms in total. The van der Waals surface area contributed by atoms with Crippen LogP contribution in [0.2, 0.25) is 0 Å². The van der Waals surface area contributed by atoms with Crippen LogP contribution in [-0.4, -0.2) is 39.3 Å². The number of nitrogens with zero attached hydrogens (tertiary/aromatic N) is 2. The smallest absolute Gasteiger partial charge is 0.242 e. The molecule has 0 N–H and O–H groups in total. The number of hydrogen-bond donors (Lipinski definition) is 0. The summed E-state index contributed by atoms with van der Waals surface area (Å²) < 4.78 is 26.0. The molecule has 1 aromatic carbocycles. The van der Waals surface area contributed by atoms with Crippen LogP contribution in [0.15, 0.2) is 23.1 Å². The number of carbonyl (C=O) groups is 1. The highest BCUT2D eigenvalue weighted by Crippen LogP contribution is 2.49. The highest BCUT2D eigenvalue weighted by molar-refractivity contribution is 7.89. The first kappa shape index (κ1) is 18.0. The van der Waals surface area contributed by atoms with E-state index in [0.29, 0.717) is 17.2 Å². The molecule has 2 saturated carbocycles. The van der Waals surface area contributed by atoms with Crippen LogP contribution in [-0.2, 0) is 21.2 Å². The second-order valence-corrected chi connectivity index (χ2v) is 10.5. The van der Waals surface area contributed by atoms with Gasteiger partial charge in [-0.3, -0.25) is 4.79 Å². The number of rotatable bonds is 4. The molecule has 0 spiro atoms. The SMILES string of the molecule is CN(C)S(=O)(=O)c1ccc2c(c1)CCCN2C(=O)C[C@@H]1C[C@H]2CC[C@H]1C2. The molecule has 2 aliphatic carbocycles. The number of carbonyl (C=O) groups excluding carboxylic acids is 1. The molecule has 2 bridgehead atoms. The Bertz CT molecular complexity index is 818. The summed E-state index contributed by atoms with van der Waals surface area (Å²) in [5.41, 5.74) is 1.88. The van der Waals surface area contributed by atoms with Gasteiger partial charge in [0, 0.05) is 32.7 Å². The normalized spacial score (nSPS) is 27.8. The highest BCUT2D eigenvalue weighted by Gasteiger charge is 2.41. The first-order valence-electron chi connectivity index (χ1n) is 9.72. The summed E-state index contributed by atoms with van der Waals surface area (Å²) in [5.74, 6) is 2.37. The van der Waals surface area contributed by atoms with Crippen molar-refractivity contribution in [1.82, 2.24) is 4.31 Å². The largest absolute Gasteiger partial charge is 0.312 e. The van der Waals surface area contributed by atoms with E-state index in [-0.39, 0.29) is 5.91 Å². The van der Waals surface area contributed by atoms with Gasteiger partial charge in [0.15, 0.2) is 0 Å². The third kappa shape index (κ3) is 3.07. The number of aryl methyl sites for hydroxylation is 1. The second kappa shape index (κ2) is 6.64. The molecule has 6 heteroatoms. The van der Waals surface area contributed by atoms with Crippen LogP contribution < -0.4 is 4.90 Å². The topological polar surface area (TPSA) is 57.7 Å². The van der Waals surface area contributed by atoms with Crippen LogP contribution >= 0.6 is 0 Å².